The van der Waals surface area contributed by atoms with E-state index >= 15 is 0 Å². The van der Waals surface area contributed by atoms with E-state index in [9.17, 15) is 17.9 Å². The molecule has 0 aromatic heterocycles. The Morgan fingerprint density at radius 2 is 2.10 bits per heavy atom. The van der Waals surface area contributed by atoms with Crippen molar-refractivity contribution in [3.63, 3.8) is 0 Å². The number of hydrogen-bond donors (Lipinski definition) is 1. The third-order valence-corrected chi connectivity index (χ3v) is 6.06. The predicted octanol–water partition coefficient (Wildman–Crippen LogP) is 2.88. The number of unbranched alkanes of at least 4 members (excludes halogenated alkanes) is 1. The zero-order valence-corrected chi connectivity index (χ0v) is 12.7. The van der Waals surface area contributed by atoms with Crippen LogP contribution >= 0.6 is 0 Å². The van der Waals surface area contributed by atoms with E-state index in [0.717, 1.165) is 12.8 Å². The summed E-state index contributed by atoms with van der Waals surface area (Å²) in [5.74, 6) is -1.19. The maximum Gasteiger partial charge on any atom is 0.179 e. The Balaban J connectivity index is 2.47. The van der Waals surface area contributed by atoms with Gasteiger partial charge in [-0.15, -0.1) is 0 Å². The molecule has 0 aliphatic carbocycles. The maximum atomic E-state index is 13.4. The van der Waals surface area contributed by atoms with E-state index in [1.165, 1.54) is 18.2 Å². The third kappa shape index (κ3) is 2.88. The van der Waals surface area contributed by atoms with Crippen LogP contribution in [0, 0.1) is 11.7 Å². The van der Waals surface area contributed by atoms with Gasteiger partial charge >= 0.3 is 0 Å². The Labute approximate surface area is 119 Å². The molecule has 0 fully saturated rings. The summed E-state index contributed by atoms with van der Waals surface area (Å²) in [5.41, 5.74) is 0.400. The molecule has 3 nitrogen and oxygen atoms in total. The van der Waals surface area contributed by atoms with E-state index in [2.05, 4.69) is 0 Å². The van der Waals surface area contributed by atoms with Crippen molar-refractivity contribution >= 4 is 9.84 Å². The summed E-state index contributed by atoms with van der Waals surface area (Å²) in [6, 6.07) is 3.73. The van der Waals surface area contributed by atoms with Crippen LogP contribution in [0.5, 0.6) is 0 Å². The summed E-state index contributed by atoms with van der Waals surface area (Å²) < 4.78 is 38.3. The number of rotatable bonds is 3. The van der Waals surface area contributed by atoms with Crippen LogP contribution in [-0.4, -0.2) is 25.4 Å². The van der Waals surface area contributed by atoms with Crippen LogP contribution in [0.25, 0.3) is 0 Å². The fourth-order valence-corrected chi connectivity index (χ4v) is 4.93. The molecular formula is C15H21FO3S. The van der Waals surface area contributed by atoms with Crippen LogP contribution in [0.1, 0.15) is 44.6 Å². The van der Waals surface area contributed by atoms with Gasteiger partial charge in [-0.2, -0.15) is 0 Å². The average molecular weight is 300 g/mol. The summed E-state index contributed by atoms with van der Waals surface area (Å²) in [7, 11) is -3.47. The van der Waals surface area contributed by atoms with Gasteiger partial charge in [0.2, 0.25) is 0 Å². The van der Waals surface area contributed by atoms with E-state index in [1.54, 1.807) is 6.92 Å². The van der Waals surface area contributed by atoms with Crippen molar-refractivity contribution in [3.8, 4) is 0 Å². The number of aliphatic hydroxyl groups is 1. The zero-order valence-electron chi connectivity index (χ0n) is 11.8. The molecule has 3 atom stereocenters. The molecule has 20 heavy (non-hydrogen) atoms. The first-order valence-electron chi connectivity index (χ1n) is 7.07. The Kier molecular flexibility index (Phi) is 4.49. The van der Waals surface area contributed by atoms with Gasteiger partial charge in [-0.05, 0) is 36.1 Å². The summed E-state index contributed by atoms with van der Waals surface area (Å²) in [6.45, 7) is 3.80. The lowest BCUT2D eigenvalue weighted by Gasteiger charge is -2.24. The number of benzene rings is 1. The summed E-state index contributed by atoms with van der Waals surface area (Å²) in [5, 5.41) is 10.4. The molecule has 1 aliphatic heterocycles. The monoisotopic (exact) mass is 300 g/mol. The molecule has 1 N–H and O–H groups in total. The highest BCUT2D eigenvalue weighted by Crippen LogP contribution is 2.37. The molecular weight excluding hydrogens is 279 g/mol. The van der Waals surface area contributed by atoms with Gasteiger partial charge in [0.05, 0.1) is 16.8 Å². The first kappa shape index (κ1) is 15.4. The molecule has 0 amide bonds. The highest BCUT2D eigenvalue weighted by molar-refractivity contribution is 7.91. The van der Waals surface area contributed by atoms with Crippen molar-refractivity contribution < 1.29 is 17.9 Å². The van der Waals surface area contributed by atoms with Crippen LogP contribution in [0.2, 0.25) is 0 Å². The van der Waals surface area contributed by atoms with Gasteiger partial charge in [0.1, 0.15) is 5.82 Å². The van der Waals surface area contributed by atoms with Gasteiger partial charge in [-0.3, -0.25) is 0 Å². The lowest BCUT2D eigenvalue weighted by molar-refractivity contribution is 0.0905. The molecule has 0 spiro atoms. The third-order valence-electron chi connectivity index (χ3n) is 4.15. The van der Waals surface area contributed by atoms with Crippen LogP contribution in [0.4, 0.5) is 4.39 Å². The Hall–Kier alpha value is -0.940. The molecule has 5 heteroatoms. The lowest BCUT2D eigenvalue weighted by atomic mass is 9.85. The van der Waals surface area contributed by atoms with Crippen molar-refractivity contribution in [2.24, 2.45) is 5.92 Å². The normalized spacial score (nSPS) is 28.7. The number of halogens is 1. The SMILES string of the molecule is CCCCC1CS(=O)(=O)c2ccc(F)cc2C(C)C1O. The quantitative estimate of drug-likeness (QED) is 0.873. The van der Waals surface area contributed by atoms with E-state index in [-0.39, 0.29) is 22.5 Å². The van der Waals surface area contributed by atoms with Gasteiger partial charge in [0, 0.05) is 5.92 Å². The minimum atomic E-state index is -3.47. The predicted molar refractivity (Wildman–Crippen MR) is 75.9 cm³/mol. The molecule has 3 unspecified atom stereocenters. The highest BCUT2D eigenvalue weighted by Gasteiger charge is 2.37. The fraction of sp³-hybridized carbons (Fsp3) is 0.600. The van der Waals surface area contributed by atoms with Crippen molar-refractivity contribution in [3.05, 3.63) is 29.6 Å². The summed E-state index contributed by atoms with van der Waals surface area (Å²) in [6.07, 6.45) is 1.77. The molecule has 112 valence electrons. The highest BCUT2D eigenvalue weighted by atomic mass is 32.2. The zero-order chi connectivity index (χ0) is 14.9. The van der Waals surface area contributed by atoms with Crippen LogP contribution in [-0.2, 0) is 9.84 Å². The van der Waals surface area contributed by atoms with Crippen LogP contribution in [0.3, 0.4) is 0 Å². The van der Waals surface area contributed by atoms with Crippen molar-refractivity contribution in [2.45, 2.75) is 50.0 Å². The maximum absolute atomic E-state index is 13.4. The molecule has 1 heterocycles. The van der Waals surface area contributed by atoms with E-state index in [4.69, 9.17) is 0 Å². The number of aliphatic hydroxyl groups excluding tert-OH is 1. The minimum absolute atomic E-state index is 0.0584. The largest absolute Gasteiger partial charge is 0.392 e. The molecule has 1 aromatic carbocycles. The van der Waals surface area contributed by atoms with Gasteiger partial charge in [-0.1, -0.05) is 26.7 Å². The van der Waals surface area contributed by atoms with Crippen molar-refractivity contribution in [2.75, 3.05) is 5.75 Å². The van der Waals surface area contributed by atoms with Gasteiger partial charge in [0.25, 0.3) is 0 Å². The lowest BCUT2D eigenvalue weighted by Crippen LogP contribution is -2.28. The fourth-order valence-electron chi connectivity index (χ4n) is 2.94. The summed E-state index contributed by atoms with van der Waals surface area (Å²) >= 11 is 0. The second-order valence-corrected chi connectivity index (χ2v) is 7.65. The first-order valence-corrected chi connectivity index (χ1v) is 8.72. The van der Waals surface area contributed by atoms with Crippen LogP contribution in [0.15, 0.2) is 23.1 Å². The smallest absolute Gasteiger partial charge is 0.179 e. The first-order chi connectivity index (χ1) is 9.36. The van der Waals surface area contributed by atoms with Crippen molar-refractivity contribution in [1.82, 2.24) is 0 Å². The van der Waals surface area contributed by atoms with E-state index in [0.29, 0.717) is 12.0 Å². The Morgan fingerprint density at radius 1 is 1.40 bits per heavy atom. The standard InChI is InChI=1S/C15H21FO3S/c1-3-4-5-11-9-20(18,19)14-7-6-12(16)8-13(14)10(2)15(11)17/h6-8,10-11,15,17H,3-5,9H2,1-2H3. The second-order valence-electron chi connectivity index (χ2n) is 5.65. The van der Waals surface area contributed by atoms with Gasteiger partial charge in [0.15, 0.2) is 9.84 Å². The van der Waals surface area contributed by atoms with Crippen LogP contribution < -0.4 is 0 Å². The average Bonchev–Trinajstić information content (AvgIpc) is 2.46. The molecule has 0 bridgehead atoms. The molecule has 1 aromatic rings. The Morgan fingerprint density at radius 3 is 2.75 bits per heavy atom. The topological polar surface area (TPSA) is 54.4 Å². The number of sulfone groups is 1. The molecule has 2 rings (SSSR count). The van der Waals surface area contributed by atoms with Gasteiger partial charge in [-0.25, -0.2) is 12.8 Å². The van der Waals surface area contributed by atoms with E-state index in [1.807, 2.05) is 6.92 Å². The van der Waals surface area contributed by atoms with Crippen molar-refractivity contribution in [1.29, 1.82) is 0 Å². The molecule has 0 radical (unpaired) electrons. The number of hydrogen-bond acceptors (Lipinski definition) is 3. The summed E-state index contributed by atoms with van der Waals surface area (Å²) in [4.78, 5) is 0.171. The Bertz CT molecular complexity index is 583. The molecule has 1 aliphatic rings. The van der Waals surface area contributed by atoms with Gasteiger partial charge < -0.3 is 5.11 Å². The minimum Gasteiger partial charge on any atom is -0.392 e. The van der Waals surface area contributed by atoms with E-state index < -0.39 is 21.8 Å². The molecule has 0 saturated heterocycles. The second kappa shape index (κ2) is 5.82. The number of fused-ring (bicyclic) bond motifs is 1. The molecule has 0 saturated carbocycles.